The molecule has 1 amide bonds. The highest BCUT2D eigenvalue weighted by atomic mass is 16.5. The molecular formula is C35H41N3O5. The molecule has 0 radical (unpaired) electrons. The smallest absolute Gasteiger partial charge is 0.254 e. The molecule has 2 aromatic carbocycles. The lowest BCUT2D eigenvalue weighted by atomic mass is 9.95. The number of hydrogen-bond acceptors (Lipinski definition) is 7. The predicted molar refractivity (Wildman–Crippen MR) is 168 cm³/mol. The molecule has 3 unspecified atom stereocenters. The van der Waals surface area contributed by atoms with E-state index >= 15 is 0 Å². The molecule has 1 saturated heterocycles. The van der Waals surface area contributed by atoms with Crippen molar-refractivity contribution in [2.75, 3.05) is 60.2 Å². The zero-order valence-electron chi connectivity index (χ0n) is 25.0. The second-order valence-electron chi connectivity index (χ2n) is 11.2. The summed E-state index contributed by atoms with van der Waals surface area (Å²) in [6.45, 7) is 8.25. The second kappa shape index (κ2) is 14.4. The molecule has 1 fully saturated rings. The van der Waals surface area contributed by atoms with E-state index in [4.69, 9.17) is 14.2 Å². The molecule has 5 rings (SSSR count). The van der Waals surface area contributed by atoms with Crippen LogP contribution >= 0.6 is 0 Å². The van der Waals surface area contributed by atoms with Gasteiger partial charge in [-0.1, -0.05) is 49.1 Å². The average Bonchev–Trinajstić information content (AvgIpc) is 3.50. The Morgan fingerprint density at radius 3 is 2.58 bits per heavy atom. The summed E-state index contributed by atoms with van der Waals surface area (Å²) in [4.78, 5) is 29.3. The molecule has 0 saturated carbocycles. The van der Waals surface area contributed by atoms with Crippen LogP contribution in [0, 0.1) is 11.8 Å². The molecule has 3 aliphatic rings. The van der Waals surface area contributed by atoms with Crippen LogP contribution in [0.3, 0.4) is 0 Å². The Balaban J connectivity index is 1.24. The molecule has 3 atom stereocenters. The summed E-state index contributed by atoms with van der Waals surface area (Å²) in [7, 11) is 3.37. The number of ether oxygens (including phenoxy) is 3. The molecule has 1 heterocycles. The standard InChI is InChI=1S/C35H41N3O5/c1-25(27-8-10-28(11-9-27)35(40)37-14-16-43-17-15-37)36-21-26(24-39)22-38(32-18-29-6-4-5-7-30(29)19-32)23-31-12-13-33(41-2)20-34(31)42-3/h4-13,18,20,24,26,31,34,36H,1,14-17,19,21-23H2,2-3H3. The largest absolute Gasteiger partial charge is 0.497 e. The molecule has 0 bridgehead atoms. The number of carbonyl (C=O) groups is 2. The Hall–Kier alpha value is -4.14. The van der Waals surface area contributed by atoms with Crippen molar-refractivity contribution in [2.45, 2.75) is 12.5 Å². The van der Waals surface area contributed by atoms with Crippen molar-refractivity contribution in [3.63, 3.8) is 0 Å². The van der Waals surface area contributed by atoms with Crippen LogP contribution in [-0.2, 0) is 25.4 Å². The van der Waals surface area contributed by atoms with Gasteiger partial charge in [0.15, 0.2) is 0 Å². The molecule has 43 heavy (non-hydrogen) atoms. The molecule has 226 valence electrons. The third-order valence-electron chi connectivity index (χ3n) is 8.36. The fourth-order valence-electron chi connectivity index (χ4n) is 5.80. The summed E-state index contributed by atoms with van der Waals surface area (Å²) in [6, 6.07) is 15.9. The number of fused-ring (bicyclic) bond motifs is 1. The number of morpholine rings is 1. The molecule has 8 heteroatoms. The van der Waals surface area contributed by atoms with Crippen molar-refractivity contribution in [3.8, 4) is 0 Å². The first-order chi connectivity index (χ1) is 21.0. The van der Waals surface area contributed by atoms with Crippen LogP contribution < -0.4 is 5.32 Å². The van der Waals surface area contributed by atoms with Crippen molar-refractivity contribution >= 4 is 24.0 Å². The van der Waals surface area contributed by atoms with Gasteiger partial charge >= 0.3 is 0 Å². The monoisotopic (exact) mass is 583 g/mol. The lowest BCUT2D eigenvalue weighted by Gasteiger charge is -2.34. The highest BCUT2D eigenvalue weighted by Gasteiger charge is 2.28. The zero-order chi connectivity index (χ0) is 30.2. The number of hydrogen-bond donors (Lipinski definition) is 1. The van der Waals surface area contributed by atoms with Gasteiger partial charge in [-0.3, -0.25) is 4.79 Å². The first-order valence-corrected chi connectivity index (χ1v) is 14.8. The zero-order valence-corrected chi connectivity index (χ0v) is 25.0. The highest BCUT2D eigenvalue weighted by Crippen LogP contribution is 2.30. The maximum atomic E-state index is 12.8. The van der Waals surface area contributed by atoms with Crippen LogP contribution in [0.5, 0.6) is 0 Å². The van der Waals surface area contributed by atoms with E-state index in [1.165, 1.54) is 16.8 Å². The van der Waals surface area contributed by atoms with Crippen molar-refractivity contribution in [1.29, 1.82) is 0 Å². The Bertz CT molecular complexity index is 1390. The normalized spacial score (nSPS) is 20.0. The van der Waals surface area contributed by atoms with Crippen LogP contribution in [-0.4, -0.2) is 88.3 Å². The van der Waals surface area contributed by atoms with E-state index in [2.05, 4.69) is 53.2 Å². The fraction of sp³-hybridized carbons (Fsp3) is 0.371. The van der Waals surface area contributed by atoms with E-state index in [1.807, 2.05) is 41.3 Å². The van der Waals surface area contributed by atoms with Gasteiger partial charge in [-0.25, -0.2) is 0 Å². The van der Waals surface area contributed by atoms with Crippen molar-refractivity contribution < 1.29 is 23.8 Å². The number of methoxy groups -OCH3 is 2. The third-order valence-corrected chi connectivity index (χ3v) is 8.36. The number of amides is 1. The average molecular weight is 584 g/mol. The Morgan fingerprint density at radius 2 is 1.88 bits per heavy atom. The van der Waals surface area contributed by atoms with E-state index in [0.29, 0.717) is 57.2 Å². The van der Waals surface area contributed by atoms with E-state index in [9.17, 15) is 9.59 Å². The second-order valence-corrected chi connectivity index (χ2v) is 11.2. The Labute approximate surface area is 254 Å². The van der Waals surface area contributed by atoms with Crippen LogP contribution in [0.25, 0.3) is 11.8 Å². The number of allylic oxidation sites excluding steroid dienone is 2. The quantitative estimate of drug-likeness (QED) is 0.355. The molecule has 8 nitrogen and oxygen atoms in total. The van der Waals surface area contributed by atoms with Crippen molar-refractivity contribution in [1.82, 2.24) is 15.1 Å². The van der Waals surface area contributed by atoms with Crippen LogP contribution in [0.2, 0.25) is 0 Å². The lowest BCUT2D eigenvalue weighted by molar-refractivity contribution is -0.111. The summed E-state index contributed by atoms with van der Waals surface area (Å²) < 4.78 is 16.6. The molecule has 2 aromatic rings. The number of nitrogens with one attached hydrogen (secondary N) is 1. The molecule has 0 aromatic heterocycles. The van der Waals surface area contributed by atoms with Gasteiger partial charge in [-0.05, 0) is 47.1 Å². The van der Waals surface area contributed by atoms with Crippen molar-refractivity contribution in [3.05, 3.63) is 107 Å². The Kier molecular flexibility index (Phi) is 10.1. The summed E-state index contributed by atoms with van der Waals surface area (Å²) in [5.41, 5.74) is 5.93. The highest BCUT2D eigenvalue weighted by molar-refractivity contribution is 5.94. The van der Waals surface area contributed by atoms with E-state index < -0.39 is 0 Å². The van der Waals surface area contributed by atoms with Gasteiger partial charge in [-0.2, -0.15) is 0 Å². The van der Waals surface area contributed by atoms with Gasteiger partial charge in [0, 0.05) is 75.0 Å². The summed E-state index contributed by atoms with van der Waals surface area (Å²) >= 11 is 0. The fourth-order valence-corrected chi connectivity index (χ4v) is 5.80. The van der Waals surface area contributed by atoms with Crippen LogP contribution in [0.4, 0.5) is 0 Å². The minimum Gasteiger partial charge on any atom is -0.497 e. The number of benzene rings is 2. The summed E-state index contributed by atoms with van der Waals surface area (Å²) in [6.07, 6.45) is 10.1. The van der Waals surface area contributed by atoms with Gasteiger partial charge in [0.25, 0.3) is 5.91 Å². The van der Waals surface area contributed by atoms with Gasteiger partial charge < -0.3 is 34.1 Å². The van der Waals surface area contributed by atoms with Crippen LogP contribution in [0.15, 0.2) is 84.8 Å². The Morgan fingerprint density at radius 1 is 1.14 bits per heavy atom. The molecule has 1 aliphatic heterocycles. The van der Waals surface area contributed by atoms with Gasteiger partial charge in [0.05, 0.1) is 26.4 Å². The number of aldehydes is 1. The number of carbonyl (C=O) groups excluding carboxylic acids is 2. The van der Waals surface area contributed by atoms with Crippen LogP contribution in [0.1, 0.15) is 27.0 Å². The predicted octanol–water partition coefficient (Wildman–Crippen LogP) is 4.16. The molecule has 0 spiro atoms. The minimum atomic E-state index is -0.276. The van der Waals surface area contributed by atoms with E-state index in [-0.39, 0.29) is 23.8 Å². The number of rotatable bonds is 13. The summed E-state index contributed by atoms with van der Waals surface area (Å²) in [5.74, 6) is 0.620. The van der Waals surface area contributed by atoms with E-state index in [0.717, 1.165) is 24.0 Å². The van der Waals surface area contributed by atoms with Gasteiger partial charge in [0.2, 0.25) is 0 Å². The van der Waals surface area contributed by atoms with E-state index in [1.54, 1.807) is 14.2 Å². The molecular weight excluding hydrogens is 542 g/mol. The lowest BCUT2D eigenvalue weighted by Crippen LogP contribution is -2.40. The summed E-state index contributed by atoms with van der Waals surface area (Å²) in [5, 5.41) is 3.36. The minimum absolute atomic E-state index is 0.00959. The maximum absolute atomic E-state index is 12.8. The number of nitrogens with zero attached hydrogens (tertiary/aromatic N) is 2. The third kappa shape index (κ3) is 7.45. The molecule has 2 aliphatic carbocycles. The van der Waals surface area contributed by atoms with Gasteiger partial charge in [0.1, 0.15) is 12.0 Å². The first kappa shape index (κ1) is 30.3. The SMILES string of the molecule is C=C(NCC(C=O)CN(CC1C=CC(OC)=CC1OC)C1=Cc2ccccc2C1)c1ccc(C(=O)N2CCOCC2)cc1. The first-order valence-electron chi connectivity index (χ1n) is 14.8. The maximum Gasteiger partial charge on any atom is 0.254 e. The molecule has 1 N–H and O–H groups in total. The van der Waals surface area contributed by atoms with Crippen molar-refractivity contribution in [2.24, 2.45) is 11.8 Å². The topological polar surface area (TPSA) is 80.3 Å². The van der Waals surface area contributed by atoms with Gasteiger partial charge in [-0.15, -0.1) is 0 Å².